The van der Waals surface area contributed by atoms with Gasteiger partial charge in [0.05, 0.1) is 17.6 Å². The van der Waals surface area contributed by atoms with E-state index in [-0.39, 0.29) is 12.7 Å². The smallest absolute Gasteiger partial charge is 0.254 e. The van der Waals surface area contributed by atoms with E-state index < -0.39 is 0 Å². The van der Waals surface area contributed by atoms with E-state index in [4.69, 9.17) is 14.5 Å². The Morgan fingerprint density at radius 2 is 1.88 bits per heavy atom. The molecule has 6 heteroatoms. The molecule has 1 fully saturated rings. The third kappa shape index (κ3) is 4.06. The van der Waals surface area contributed by atoms with Crippen LogP contribution >= 0.6 is 0 Å². The van der Waals surface area contributed by atoms with Gasteiger partial charge in [-0.05, 0) is 49.1 Å². The summed E-state index contributed by atoms with van der Waals surface area (Å²) >= 11 is 0. The quantitative estimate of drug-likeness (QED) is 0.510. The molecule has 168 valence electrons. The number of imidazole rings is 1. The second-order valence-electron chi connectivity index (χ2n) is 9.33. The molecule has 0 saturated heterocycles. The number of amides is 1. The molecular formula is C26H31N3O3. The van der Waals surface area contributed by atoms with Crippen molar-refractivity contribution in [2.45, 2.75) is 58.5 Å². The Labute approximate surface area is 189 Å². The van der Waals surface area contributed by atoms with E-state index in [1.54, 1.807) is 6.07 Å². The number of fused-ring (bicyclic) bond motifs is 2. The lowest BCUT2D eigenvalue weighted by Crippen LogP contribution is -2.35. The average Bonchev–Trinajstić information content (AvgIpc) is 3.42. The van der Waals surface area contributed by atoms with E-state index in [1.165, 1.54) is 37.6 Å². The molecule has 1 aliphatic carbocycles. The molecule has 2 aromatic carbocycles. The van der Waals surface area contributed by atoms with Crippen LogP contribution in [0.3, 0.4) is 0 Å². The maximum atomic E-state index is 13.6. The predicted molar refractivity (Wildman–Crippen MR) is 124 cm³/mol. The average molecular weight is 434 g/mol. The molecule has 1 saturated carbocycles. The molecule has 0 radical (unpaired) electrons. The second-order valence-corrected chi connectivity index (χ2v) is 9.33. The van der Waals surface area contributed by atoms with E-state index in [1.807, 2.05) is 23.1 Å². The van der Waals surface area contributed by atoms with Gasteiger partial charge in [-0.2, -0.15) is 0 Å². The van der Waals surface area contributed by atoms with Crippen LogP contribution in [0.4, 0.5) is 0 Å². The Morgan fingerprint density at radius 3 is 2.69 bits per heavy atom. The first-order chi connectivity index (χ1) is 15.6. The highest BCUT2D eigenvalue weighted by Crippen LogP contribution is 2.34. The van der Waals surface area contributed by atoms with E-state index >= 15 is 0 Å². The third-order valence-electron chi connectivity index (χ3n) is 6.43. The number of nitrogens with zero attached hydrogens (tertiary/aromatic N) is 3. The zero-order valence-electron chi connectivity index (χ0n) is 18.9. The first-order valence-corrected chi connectivity index (χ1v) is 11.7. The Morgan fingerprint density at radius 1 is 1.09 bits per heavy atom. The largest absolute Gasteiger partial charge is 0.454 e. The van der Waals surface area contributed by atoms with Gasteiger partial charge in [0.15, 0.2) is 11.5 Å². The molecule has 2 aliphatic rings. The summed E-state index contributed by atoms with van der Waals surface area (Å²) in [4.78, 5) is 20.5. The van der Waals surface area contributed by atoms with E-state index in [2.05, 4.69) is 36.6 Å². The molecule has 1 amide bonds. The van der Waals surface area contributed by atoms with Crippen molar-refractivity contribution in [3.05, 3.63) is 53.9 Å². The highest BCUT2D eigenvalue weighted by Gasteiger charge is 2.26. The van der Waals surface area contributed by atoms with Crippen molar-refractivity contribution in [2.75, 3.05) is 13.3 Å². The van der Waals surface area contributed by atoms with Crippen molar-refractivity contribution in [1.82, 2.24) is 14.5 Å². The molecule has 0 N–H and O–H groups in total. The zero-order valence-corrected chi connectivity index (χ0v) is 18.9. The second kappa shape index (κ2) is 8.85. The Balaban J connectivity index is 1.49. The predicted octanol–water partition coefficient (Wildman–Crippen LogP) is 5.57. The SMILES string of the molecule is CC(C)CN(Cc1nc2ccccc2n1C1CCCCC1)C(=O)c1ccc2c(c1)OCO2. The fourth-order valence-corrected chi connectivity index (χ4v) is 5.00. The molecule has 32 heavy (non-hydrogen) atoms. The summed E-state index contributed by atoms with van der Waals surface area (Å²) in [5.74, 6) is 2.65. The van der Waals surface area contributed by atoms with Crippen LogP contribution in [0, 0.1) is 5.92 Å². The van der Waals surface area contributed by atoms with Crippen molar-refractivity contribution < 1.29 is 14.3 Å². The van der Waals surface area contributed by atoms with Crippen LogP contribution in [-0.4, -0.2) is 33.7 Å². The lowest BCUT2D eigenvalue weighted by atomic mass is 9.95. The van der Waals surface area contributed by atoms with Gasteiger partial charge in [-0.15, -0.1) is 0 Å². The summed E-state index contributed by atoms with van der Waals surface area (Å²) in [7, 11) is 0. The molecule has 6 nitrogen and oxygen atoms in total. The monoisotopic (exact) mass is 433 g/mol. The summed E-state index contributed by atoms with van der Waals surface area (Å²) < 4.78 is 13.3. The van der Waals surface area contributed by atoms with E-state index in [0.29, 0.717) is 42.1 Å². The van der Waals surface area contributed by atoms with Gasteiger partial charge < -0.3 is 18.9 Å². The maximum absolute atomic E-state index is 13.6. The van der Waals surface area contributed by atoms with E-state index in [9.17, 15) is 4.79 Å². The number of hydrogen-bond donors (Lipinski definition) is 0. The van der Waals surface area contributed by atoms with Gasteiger partial charge >= 0.3 is 0 Å². The van der Waals surface area contributed by atoms with Gasteiger partial charge in [0.2, 0.25) is 6.79 Å². The van der Waals surface area contributed by atoms with Crippen molar-refractivity contribution in [3.8, 4) is 11.5 Å². The first-order valence-electron chi connectivity index (χ1n) is 11.7. The number of rotatable bonds is 6. The number of para-hydroxylation sites is 2. The normalized spacial score (nSPS) is 16.1. The van der Waals surface area contributed by atoms with Crippen molar-refractivity contribution in [2.24, 2.45) is 5.92 Å². The van der Waals surface area contributed by atoms with E-state index in [0.717, 1.165) is 11.3 Å². The standard InChI is InChI=1S/C26H31N3O3/c1-18(2)15-28(26(30)19-12-13-23-24(14-19)32-17-31-23)16-25-27-21-10-6-7-11-22(21)29(25)20-8-4-3-5-9-20/h6-7,10-14,18,20H,3-5,8-9,15-17H2,1-2H3. The molecule has 0 spiro atoms. The van der Waals surface area contributed by atoms with Gasteiger partial charge in [0.25, 0.3) is 5.91 Å². The van der Waals surface area contributed by atoms with Crippen molar-refractivity contribution >= 4 is 16.9 Å². The fourth-order valence-electron chi connectivity index (χ4n) is 5.00. The van der Waals surface area contributed by atoms with Crippen LogP contribution in [-0.2, 0) is 6.54 Å². The van der Waals surface area contributed by atoms with Crippen LogP contribution in [0.2, 0.25) is 0 Å². The molecule has 1 aliphatic heterocycles. The molecule has 1 aromatic heterocycles. The lowest BCUT2D eigenvalue weighted by Gasteiger charge is -2.29. The summed E-state index contributed by atoms with van der Waals surface area (Å²) in [5.41, 5.74) is 2.80. The highest BCUT2D eigenvalue weighted by atomic mass is 16.7. The summed E-state index contributed by atoms with van der Waals surface area (Å²) in [6.45, 7) is 5.65. The number of benzene rings is 2. The molecule has 5 rings (SSSR count). The molecule has 0 bridgehead atoms. The first kappa shape index (κ1) is 20.9. The summed E-state index contributed by atoms with van der Waals surface area (Å²) in [5, 5.41) is 0. The minimum Gasteiger partial charge on any atom is -0.454 e. The maximum Gasteiger partial charge on any atom is 0.254 e. The lowest BCUT2D eigenvalue weighted by molar-refractivity contribution is 0.0714. The number of carbonyl (C=O) groups excluding carboxylic acids is 1. The zero-order chi connectivity index (χ0) is 22.1. The number of ether oxygens (including phenoxy) is 2. The Kier molecular flexibility index (Phi) is 5.77. The van der Waals surface area contributed by atoms with Crippen LogP contribution in [0.15, 0.2) is 42.5 Å². The third-order valence-corrected chi connectivity index (χ3v) is 6.43. The molecule has 0 unspecified atom stereocenters. The number of aromatic nitrogens is 2. The van der Waals surface area contributed by atoms with Gasteiger partial charge in [-0.25, -0.2) is 4.98 Å². The molecule has 3 aromatic rings. The highest BCUT2D eigenvalue weighted by molar-refractivity contribution is 5.95. The minimum atomic E-state index is -0.000694. The topological polar surface area (TPSA) is 56.6 Å². The minimum absolute atomic E-state index is 0.000694. The van der Waals surface area contributed by atoms with Crippen molar-refractivity contribution in [1.29, 1.82) is 0 Å². The molecular weight excluding hydrogens is 402 g/mol. The molecule has 0 atom stereocenters. The fraction of sp³-hybridized carbons (Fsp3) is 0.462. The Hall–Kier alpha value is -3.02. The van der Waals surface area contributed by atoms with Gasteiger partial charge in [0.1, 0.15) is 5.82 Å². The molecule has 2 heterocycles. The van der Waals surface area contributed by atoms with Gasteiger partial charge in [-0.3, -0.25) is 4.79 Å². The van der Waals surface area contributed by atoms with Crippen LogP contribution in [0.1, 0.15) is 68.2 Å². The van der Waals surface area contributed by atoms with Crippen LogP contribution in [0.25, 0.3) is 11.0 Å². The van der Waals surface area contributed by atoms with Gasteiger partial charge in [0, 0.05) is 18.2 Å². The van der Waals surface area contributed by atoms with Crippen LogP contribution in [0.5, 0.6) is 11.5 Å². The summed E-state index contributed by atoms with van der Waals surface area (Å²) in [6.07, 6.45) is 6.16. The number of hydrogen-bond acceptors (Lipinski definition) is 4. The van der Waals surface area contributed by atoms with Crippen molar-refractivity contribution in [3.63, 3.8) is 0 Å². The Bertz CT molecular complexity index is 1110. The van der Waals surface area contributed by atoms with Crippen LogP contribution < -0.4 is 9.47 Å². The van der Waals surface area contributed by atoms with Gasteiger partial charge in [-0.1, -0.05) is 45.2 Å². The number of carbonyl (C=O) groups is 1. The summed E-state index contributed by atoms with van der Waals surface area (Å²) in [6, 6.07) is 14.2.